The van der Waals surface area contributed by atoms with Crippen LogP contribution in [0.3, 0.4) is 0 Å². The number of primary sulfonamides is 1. The molecule has 9 heteroatoms. The van der Waals surface area contributed by atoms with Crippen LogP contribution < -0.4 is 24.7 Å². The van der Waals surface area contributed by atoms with Gasteiger partial charge in [-0.2, -0.15) is 0 Å². The zero-order chi connectivity index (χ0) is 20.0. The number of ether oxygens (including phenoxy) is 3. The summed E-state index contributed by atoms with van der Waals surface area (Å²) in [4.78, 5) is 11.9. The van der Waals surface area contributed by atoms with E-state index in [1.54, 1.807) is 24.3 Å². The van der Waals surface area contributed by atoms with E-state index in [1.165, 1.54) is 45.6 Å². The number of sulfonamides is 1. The standard InChI is InChI=1S/C18H20N2O6S/c1-24-14-8-12(9-15(11-14)25-2)4-7-18(21)20-13-5-6-16(26-3)17(10-13)27(19,22)23/h4-11H,1-3H3,(H,20,21)(H2,19,22,23)/b7-4+. The number of nitrogens with one attached hydrogen (secondary N) is 1. The number of benzene rings is 2. The van der Waals surface area contributed by atoms with Gasteiger partial charge in [0, 0.05) is 17.8 Å². The van der Waals surface area contributed by atoms with Crippen LogP contribution >= 0.6 is 0 Å². The maximum atomic E-state index is 12.1. The number of carbonyl (C=O) groups excluding carboxylic acids is 1. The van der Waals surface area contributed by atoms with E-state index in [9.17, 15) is 13.2 Å². The largest absolute Gasteiger partial charge is 0.497 e. The smallest absolute Gasteiger partial charge is 0.248 e. The van der Waals surface area contributed by atoms with Crippen LogP contribution in [0.25, 0.3) is 6.08 Å². The third-order valence-corrected chi connectivity index (χ3v) is 4.47. The fraction of sp³-hybridized carbons (Fsp3) is 0.167. The van der Waals surface area contributed by atoms with Crippen LogP contribution in [-0.2, 0) is 14.8 Å². The van der Waals surface area contributed by atoms with Crippen molar-refractivity contribution in [2.45, 2.75) is 4.90 Å². The normalized spacial score (nSPS) is 11.3. The predicted octanol–water partition coefficient (Wildman–Crippen LogP) is 2.01. The average Bonchev–Trinajstić information content (AvgIpc) is 2.65. The maximum absolute atomic E-state index is 12.1. The molecular weight excluding hydrogens is 372 g/mol. The minimum atomic E-state index is -4.00. The van der Waals surface area contributed by atoms with E-state index in [0.29, 0.717) is 17.1 Å². The van der Waals surface area contributed by atoms with Crippen LogP contribution in [-0.4, -0.2) is 35.7 Å². The summed E-state index contributed by atoms with van der Waals surface area (Å²) in [6.07, 6.45) is 2.87. The van der Waals surface area contributed by atoms with Crippen molar-refractivity contribution in [1.29, 1.82) is 0 Å². The lowest BCUT2D eigenvalue weighted by Crippen LogP contribution is -2.15. The molecule has 0 bridgehead atoms. The van der Waals surface area contributed by atoms with Gasteiger partial charge in [0.25, 0.3) is 0 Å². The lowest BCUT2D eigenvalue weighted by atomic mass is 10.2. The first-order valence-corrected chi connectivity index (χ1v) is 9.24. The van der Waals surface area contributed by atoms with Crippen molar-refractivity contribution in [3.8, 4) is 17.2 Å². The van der Waals surface area contributed by atoms with Crippen molar-refractivity contribution in [3.63, 3.8) is 0 Å². The first kappa shape index (κ1) is 20.3. The highest BCUT2D eigenvalue weighted by Crippen LogP contribution is 2.26. The summed E-state index contributed by atoms with van der Waals surface area (Å²) in [6, 6.07) is 9.33. The van der Waals surface area contributed by atoms with E-state index < -0.39 is 15.9 Å². The summed E-state index contributed by atoms with van der Waals surface area (Å²) < 4.78 is 38.6. The second-order valence-electron chi connectivity index (χ2n) is 5.38. The van der Waals surface area contributed by atoms with E-state index in [2.05, 4.69) is 5.32 Å². The van der Waals surface area contributed by atoms with Gasteiger partial charge in [0.05, 0.1) is 21.3 Å². The van der Waals surface area contributed by atoms with E-state index in [1.807, 2.05) is 0 Å². The second kappa shape index (κ2) is 8.56. The molecule has 0 radical (unpaired) electrons. The van der Waals surface area contributed by atoms with Crippen molar-refractivity contribution < 1.29 is 27.4 Å². The van der Waals surface area contributed by atoms with Gasteiger partial charge in [-0.05, 0) is 42.0 Å². The SMILES string of the molecule is COc1cc(/C=C/C(=O)Nc2ccc(OC)c(S(N)(=O)=O)c2)cc(OC)c1. The number of anilines is 1. The third-order valence-electron chi connectivity index (χ3n) is 3.54. The van der Waals surface area contributed by atoms with Crippen molar-refractivity contribution in [3.05, 3.63) is 48.0 Å². The van der Waals surface area contributed by atoms with E-state index in [0.717, 1.165) is 0 Å². The Bertz CT molecular complexity index is 948. The Balaban J connectivity index is 2.20. The number of carbonyl (C=O) groups is 1. The Morgan fingerprint density at radius 1 is 1.00 bits per heavy atom. The molecule has 0 saturated heterocycles. The highest BCUT2D eigenvalue weighted by molar-refractivity contribution is 7.89. The van der Waals surface area contributed by atoms with Crippen LogP contribution in [0.1, 0.15) is 5.56 Å². The van der Waals surface area contributed by atoms with Gasteiger partial charge in [0.15, 0.2) is 0 Å². The van der Waals surface area contributed by atoms with Crippen LogP contribution in [0.4, 0.5) is 5.69 Å². The average molecular weight is 392 g/mol. The molecule has 0 spiro atoms. The van der Waals surface area contributed by atoms with Crippen LogP contribution in [0.2, 0.25) is 0 Å². The first-order valence-electron chi connectivity index (χ1n) is 7.70. The summed E-state index contributed by atoms with van der Waals surface area (Å²) in [5, 5.41) is 7.73. The molecule has 0 aliphatic rings. The van der Waals surface area contributed by atoms with Crippen LogP contribution in [0.15, 0.2) is 47.4 Å². The molecule has 3 N–H and O–H groups in total. The van der Waals surface area contributed by atoms with Gasteiger partial charge < -0.3 is 19.5 Å². The van der Waals surface area contributed by atoms with Gasteiger partial charge in [-0.15, -0.1) is 0 Å². The van der Waals surface area contributed by atoms with E-state index >= 15 is 0 Å². The Morgan fingerprint density at radius 3 is 2.15 bits per heavy atom. The molecule has 2 aromatic carbocycles. The number of nitrogens with two attached hydrogens (primary N) is 1. The molecule has 0 heterocycles. The molecule has 0 aromatic heterocycles. The van der Waals surface area contributed by atoms with Crippen molar-refractivity contribution in [2.24, 2.45) is 5.14 Å². The Labute approximate surface area is 157 Å². The highest BCUT2D eigenvalue weighted by Gasteiger charge is 2.16. The maximum Gasteiger partial charge on any atom is 0.248 e. The van der Waals surface area contributed by atoms with Crippen LogP contribution in [0, 0.1) is 0 Å². The second-order valence-corrected chi connectivity index (χ2v) is 6.91. The molecule has 8 nitrogen and oxygen atoms in total. The number of amides is 1. The molecule has 27 heavy (non-hydrogen) atoms. The molecule has 0 fully saturated rings. The van der Waals surface area contributed by atoms with Crippen molar-refractivity contribution >= 4 is 27.7 Å². The third kappa shape index (κ3) is 5.47. The summed E-state index contributed by atoms with van der Waals surface area (Å²) in [5.74, 6) is 0.807. The molecule has 1 amide bonds. The topological polar surface area (TPSA) is 117 Å². The van der Waals surface area contributed by atoms with Crippen molar-refractivity contribution in [2.75, 3.05) is 26.6 Å². The van der Waals surface area contributed by atoms with Gasteiger partial charge in [0.2, 0.25) is 15.9 Å². The predicted molar refractivity (Wildman–Crippen MR) is 102 cm³/mol. The summed E-state index contributed by atoms with van der Waals surface area (Å²) in [7, 11) is 0.389. The van der Waals surface area contributed by atoms with Crippen molar-refractivity contribution in [1.82, 2.24) is 0 Å². The van der Waals surface area contributed by atoms with Gasteiger partial charge >= 0.3 is 0 Å². The Morgan fingerprint density at radius 2 is 1.63 bits per heavy atom. The number of hydrogen-bond acceptors (Lipinski definition) is 6. The molecule has 0 atom stereocenters. The molecular formula is C18H20N2O6S. The lowest BCUT2D eigenvalue weighted by Gasteiger charge is -2.09. The van der Waals surface area contributed by atoms with Gasteiger partial charge in [-0.3, -0.25) is 4.79 Å². The van der Waals surface area contributed by atoms with E-state index in [4.69, 9.17) is 19.3 Å². The van der Waals surface area contributed by atoms with Crippen LogP contribution in [0.5, 0.6) is 17.2 Å². The Hall–Kier alpha value is -3.04. The quantitative estimate of drug-likeness (QED) is 0.696. The lowest BCUT2D eigenvalue weighted by molar-refractivity contribution is -0.111. The molecule has 0 saturated carbocycles. The van der Waals surface area contributed by atoms with Gasteiger partial charge in [0.1, 0.15) is 22.1 Å². The molecule has 2 aromatic rings. The fourth-order valence-electron chi connectivity index (χ4n) is 2.26. The molecule has 2 rings (SSSR count). The minimum absolute atomic E-state index is 0.0921. The monoisotopic (exact) mass is 392 g/mol. The Kier molecular flexibility index (Phi) is 6.43. The fourth-order valence-corrected chi connectivity index (χ4v) is 2.98. The number of hydrogen-bond donors (Lipinski definition) is 2. The zero-order valence-corrected chi connectivity index (χ0v) is 15.9. The number of rotatable bonds is 7. The molecule has 144 valence electrons. The number of methoxy groups -OCH3 is 3. The molecule has 0 aliphatic heterocycles. The zero-order valence-electron chi connectivity index (χ0n) is 15.1. The van der Waals surface area contributed by atoms with E-state index in [-0.39, 0.29) is 16.3 Å². The van der Waals surface area contributed by atoms with Gasteiger partial charge in [-0.25, -0.2) is 13.6 Å². The summed E-state index contributed by atoms with van der Waals surface area (Å²) in [6.45, 7) is 0. The molecule has 0 unspecified atom stereocenters. The first-order chi connectivity index (χ1) is 12.8. The minimum Gasteiger partial charge on any atom is -0.497 e. The summed E-state index contributed by atoms with van der Waals surface area (Å²) >= 11 is 0. The molecule has 0 aliphatic carbocycles. The summed E-state index contributed by atoms with van der Waals surface area (Å²) in [5.41, 5.74) is 0.957. The highest BCUT2D eigenvalue weighted by atomic mass is 32.2. The van der Waals surface area contributed by atoms with Gasteiger partial charge in [-0.1, -0.05) is 0 Å².